The average Bonchev–Trinajstić information content (AvgIpc) is 2.52. The molecular formula is C15H27N3O3S2. The lowest BCUT2D eigenvalue weighted by atomic mass is 10.2. The molecule has 0 saturated carbocycles. The largest absolute Gasteiger partial charge is 0.377 e. The summed E-state index contributed by atoms with van der Waals surface area (Å²) in [5, 5.41) is 2.90. The van der Waals surface area contributed by atoms with E-state index in [0.29, 0.717) is 25.3 Å². The normalized spacial score (nSPS) is 11.8. The summed E-state index contributed by atoms with van der Waals surface area (Å²) in [6.07, 6.45) is 0.707. The van der Waals surface area contributed by atoms with Gasteiger partial charge in [0.05, 0.1) is 6.10 Å². The summed E-state index contributed by atoms with van der Waals surface area (Å²) >= 11 is 1.21. The molecule has 1 unspecified atom stereocenters. The maximum Gasteiger partial charge on any atom is 0.251 e. The van der Waals surface area contributed by atoms with E-state index in [-0.39, 0.29) is 25.5 Å². The molecule has 1 amide bonds. The third kappa shape index (κ3) is 10.6. The minimum absolute atomic E-state index is 0. The Hall–Kier alpha value is -0.770. The minimum atomic E-state index is -0.0665. The number of nitrogens with one attached hydrogen (secondary N) is 2. The Morgan fingerprint density at radius 3 is 2.61 bits per heavy atom. The fraction of sp³-hybridized carbons (Fsp3) is 0.533. The van der Waals surface area contributed by atoms with E-state index in [0.717, 1.165) is 6.42 Å². The Balaban J connectivity index is 0.00000484. The van der Waals surface area contributed by atoms with Crippen molar-refractivity contribution < 1.29 is 13.8 Å². The molecule has 23 heavy (non-hydrogen) atoms. The van der Waals surface area contributed by atoms with Crippen molar-refractivity contribution in [3.05, 3.63) is 35.9 Å². The predicted molar refractivity (Wildman–Crippen MR) is 99.6 cm³/mol. The molecule has 6 nitrogen and oxygen atoms in total. The lowest BCUT2D eigenvalue weighted by Crippen LogP contribution is -2.33. The lowest BCUT2D eigenvalue weighted by molar-refractivity contribution is 0.0363. The fourth-order valence-corrected chi connectivity index (χ4v) is 2.02. The molecule has 1 aromatic rings. The number of amides is 1. The van der Waals surface area contributed by atoms with Crippen LogP contribution in [0.4, 0.5) is 0 Å². The van der Waals surface area contributed by atoms with Crippen LogP contribution in [0.15, 0.2) is 30.3 Å². The number of hydrogen-bond acceptors (Lipinski definition) is 6. The Bertz CT molecular complexity index is 422. The number of ether oxygens (including phenoxy) is 1. The van der Waals surface area contributed by atoms with Crippen molar-refractivity contribution >= 4 is 31.6 Å². The van der Waals surface area contributed by atoms with E-state index < -0.39 is 0 Å². The van der Waals surface area contributed by atoms with E-state index in [9.17, 15) is 4.79 Å². The molecule has 0 fully saturated rings. The molecule has 132 valence electrons. The van der Waals surface area contributed by atoms with Crippen LogP contribution in [0.5, 0.6) is 0 Å². The summed E-state index contributed by atoms with van der Waals surface area (Å²) in [5.74, 6) is -0.0665. The first kappa shape index (κ1) is 22.2. The molecule has 1 atom stereocenters. The maximum absolute atomic E-state index is 11.9. The van der Waals surface area contributed by atoms with Gasteiger partial charge in [0.25, 0.3) is 5.91 Å². The van der Waals surface area contributed by atoms with Gasteiger partial charge in [-0.05, 0) is 39.6 Å². The Kier molecular flexibility index (Phi) is 13.2. The highest BCUT2D eigenvalue weighted by Gasteiger charge is 2.10. The van der Waals surface area contributed by atoms with E-state index in [1.165, 1.54) is 12.2 Å². The molecule has 2 N–H and O–H groups in total. The van der Waals surface area contributed by atoms with Crippen molar-refractivity contribution in [3.8, 4) is 0 Å². The summed E-state index contributed by atoms with van der Waals surface area (Å²) in [4.78, 5) is 11.9. The van der Waals surface area contributed by atoms with Crippen LogP contribution in [0.3, 0.4) is 0 Å². The SMILES string of the molecule is CCOC(CCNC(=O)c1ccccc1)CNOSN(C)C.S. The van der Waals surface area contributed by atoms with Crippen LogP contribution in [0.2, 0.25) is 0 Å². The van der Waals surface area contributed by atoms with Gasteiger partial charge in [-0.2, -0.15) is 19.0 Å². The smallest absolute Gasteiger partial charge is 0.251 e. The molecule has 1 rings (SSSR count). The second-order valence-corrected chi connectivity index (χ2v) is 5.85. The molecule has 0 spiro atoms. The quantitative estimate of drug-likeness (QED) is 0.272. The van der Waals surface area contributed by atoms with Crippen molar-refractivity contribution in [1.82, 2.24) is 15.1 Å². The topological polar surface area (TPSA) is 62.8 Å². The molecule has 0 aliphatic rings. The Morgan fingerprint density at radius 1 is 1.30 bits per heavy atom. The van der Waals surface area contributed by atoms with Crippen molar-refractivity contribution in [2.24, 2.45) is 0 Å². The van der Waals surface area contributed by atoms with Gasteiger partial charge in [-0.1, -0.05) is 18.2 Å². The van der Waals surface area contributed by atoms with Crippen molar-refractivity contribution in [2.45, 2.75) is 19.4 Å². The van der Waals surface area contributed by atoms with Crippen LogP contribution < -0.4 is 10.8 Å². The first-order chi connectivity index (χ1) is 10.6. The number of nitrogens with zero attached hydrogens (tertiary/aromatic N) is 1. The van der Waals surface area contributed by atoms with Crippen molar-refractivity contribution in [1.29, 1.82) is 0 Å². The van der Waals surface area contributed by atoms with Gasteiger partial charge in [0.1, 0.15) is 12.2 Å². The molecule has 0 bridgehead atoms. The van der Waals surface area contributed by atoms with Crippen LogP contribution in [0.25, 0.3) is 0 Å². The third-order valence-corrected chi connectivity index (χ3v) is 3.24. The summed E-state index contributed by atoms with van der Waals surface area (Å²) in [5.41, 5.74) is 3.52. The van der Waals surface area contributed by atoms with Crippen LogP contribution in [-0.2, 0) is 9.02 Å². The Morgan fingerprint density at radius 2 is 2.00 bits per heavy atom. The summed E-state index contributed by atoms with van der Waals surface area (Å²) in [7, 11) is 3.79. The van der Waals surface area contributed by atoms with Crippen LogP contribution >= 0.6 is 25.7 Å². The monoisotopic (exact) mass is 361 g/mol. The molecular weight excluding hydrogens is 334 g/mol. The highest BCUT2D eigenvalue weighted by Crippen LogP contribution is 2.03. The predicted octanol–water partition coefficient (Wildman–Crippen LogP) is 1.97. The third-order valence-electron chi connectivity index (χ3n) is 2.75. The first-order valence-electron chi connectivity index (χ1n) is 7.32. The molecule has 0 saturated heterocycles. The zero-order valence-corrected chi connectivity index (χ0v) is 15.7. The van der Waals surface area contributed by atoms with Gasteiger partial charge in [-0.15, -0.1) is 0 Å². The number of hydrogen-bond donors (Lipinski definition) is 2. The van der Waals surface area contributed by atoms with Gasteiger partial charge in [0, 0.05) is 25.3 Å². The van der Waals surface area contributed by atoms with Crippen molar-refractivity contribution in [2.75, 3.05) is 33.8 Å². The molecule has 0 radical (unpaired) electrons. The maximum atomic E-state index is 11.9. The van der Waals surface area contributed by atoms with Crippen molar-refractivity contribution in [3.63, 3.8) is 0 Å². The number of carbonyl (C=O) groups is 1. The summed E-state index contributed by atoms with van der Waals surface area (Å²) < 4.78 is 12.6. The van der Waals surface area contributed by atoms with Gasteiger partial charge in [-0.3, -0.25) is 4.79 Å². The minimum Gasteiger partial charge on any atom is -0.377 e. The zero-order chi connectivity index (χ0) is 16.2. The molecule has 1 aromatic carbocycles. The van der Waals surface area contributed by atoms with E-state index in [1.54, 1.807) is 12.1 Å². The lowest BCUT2D eigenvalue weighted by Gasteiger charge is -2.18. The zero-order valence-electron chi connectivity index (χ0n) is 13.9. The van der Waals surface area contributed by atoms with Gasteiger partial charge >= 0.3 is 0 Å². The van der Waals surface area contributed by atoms with E-state index in [4.69, 9.17) is 9.02 Å². The molecule has 0 aromatic heterocycles. The second kappa shape index (κ2) is 13.6. The van der Waals surface area contributed by atoms with E-state index in [2.05, 4.69) is 10.8 Å². The number of hydroxylamine groups is 1. The molecule has 0 aliphatic heterocycles. The number of rotatable bonds is 11. The van der Waals surface area contributed by atoms with Crippen LogP contribution in [0.1, 0.15) is 23.7 Å². The summed E-state index contributed by atoms with van der Waals surface area (Å²) in [6.45, 7) is 3.70. The molecule has 0 aliphatic carbocycles. The highest BCUT2D eigenvalue weighted by molar-refractivity contribution is 7.92. The number of benzene rings is 1. The van der Waals surface area contributed by atoms with E-state index >= 15 is 0 Å². The van der Waals surface area contributed by atoms with Gasteiger partial charge < -0.3 is 10.1 Å². The number of carbonyl (C=O) groups excluding carboxylic acids is 1. The van der Waals surface area contributed by atoms with Gasteiger partial charge in [0.2, 0.25) is 0 Å². The van der Waals surface area contributed by atoms with Gasteiger partial charge in [-0.25, -0.2) is 8.59 Å². The standard InChI is InChI=1S/C15H25N3O3S.H2S/c1-4-20-14(12-17-21-22-18(2)3)10-11-16-15(19)13-8-6-5-7-9-13;/h5-9,14,17H,4,10-12H2,1-3H3,(H,16,19);1H2. The van der Waals surface area contributed by atoms with Crippen LogP contribution in [-0.4, -0.2) is 50.1 Å². The second-order valence-electron chi connectivity index (χ2n) is 4.81. The molecule has 8 heteroatoms. The van der Waals surface area contributed by atoms with E-state index in [1.807, 2.05) is 43.5 Å². The fourth-order valence-electron chi connectivity index (χ4n) is 1.75. The molecule has 0 heterocycles. The summed E-state index contributed by atoms with van der Waals surface area (Å²) in [6, 6.07) is 9.18. The Labute approximate surface area is 150 Å². The van der Waals surface area contributed by atoms with Crippen LogP contribution in [0, 0.1) is 0 Å². The van der Waals surface area contributed by atoms with Gasteiger partial charge in [0.15, 0.2) is 0 Å². The highest BCUT2D eigenvalue weighted by atomic mass is 32.2. The first-order valence-corrected chi connectivity index (χ1v) is 8.02. The average molecular weight is 362 g/mol.